The van der Waals surface area contributed by atoms with E-state index in [1.807, 2.05) is 16.3 Å². The van der Waals surface area contributed by atoms with Crippen LogP contribution in [-0.2, 0) is 0 Å². The molecule has 0 aromatic carbocycles. The number of rotatable bonds is 1. The Balaban J connectivity index is 2.13. The van der Waals surface area contributed by atoms with Gasteiger partial charge in [0, 0.05) is 31.1 Å². The molecule has 0 bridgehead atoms. The lowest BCUT2D eigenvalue weighted by Crippen LogP contribution is -2.52. The minimum atomic E-state index is 0.144. The Morgan fingerprint density at radius 2 is 2.53 bits per heavy atom. The molecule has 1 atom stereocenters. The third kappa shape index (κ3) is 2.41. The van der Waals surface area contributed by atoms with Gasteiger partial charge < -0.3 is 10.2 Å². The number of carbonyl (C=O) groups excluding carboxylic acids is 1. The largest absolute Gasteiger partial charge is 0.333 e. The Morgan fingerprint density at radius 3 is 3.13 bits per heavy atom. The molecule has 0 radical (unpaired) electrons. The maximum absolute atomic E-state index is 12.1. The summed E-state index contributed by atoms with van der Waals surface area (Å²) >= 11 is 4.93. The van der Waals surface area contributed by atoms with Crippen LogP contribution in [0.4, 0.5) is 0 Å². The third-order valence-corrected chi connectivity index (χ3v) is 4.08. The zero-order valence-electron chi connectivity index (χ0n) is 8.50. The van der Waals surface area contributed by atoms with E-state index in [-0.39, 0.29) is 11.9 Å². The highest BCUT2D eigenvalue weighted by Crippen LogP contribution is 2.22. The van der Waals surface area contributed by atoms with E-state index in [2.05, 4.69) is 28.2 Å². The molecule has 1 saturated heterocycles. The van der Waals surface area contributed by atoms with Crippen molar-refractivity contribution in [1.82, 2.24) is 10.2 Å². The fourth-order valence-corrected chi connectivity index (χ4v) is 2.86. The summed E-state index contributed by atoms with van der Waals surface area (Å²) < 4.78 is 1.01. The van der Waals surface area contributed by atoms with Gasteiger partial charge in [-0.25, -0.2) is 0 Å². The number of carbonyl (C=O) groups is 1. The monoisotopic (exact) mass is 288 g/mol. The van der Waals surface area contributed by atoms with Crippen molar-refractivity contribution in [2.45, 2.75) is 13.0 Å². The average Bonchev–Trinajstić information content (AvgIpc) is 2.65. The highest BCUT2D eigenvalue weighted by Gasteiger charge is 2.24. The first-order chi connectivity index (χ1) is 7.18. The lowest BCUT2D eigenvalue weighted by atomic mass is 10.2. The van der Waals surface area contributed by atoms with E-state index < -0.39 is 0 Å². The molecule has 0 aliphatic carbocycles. The van der Waals surface area contributed by atoms with Crippen LogP contribution in [0.1, 0.15) is 17.3 Å². The molecule has 1 aliphatic rings. The Kier molecular flexibility index (Phi) is 3.43. The molecular weight excluding hydrogens is 276 g/mol. The van der Waals surface area contributed by atoms with Crippen LogP contribution < -0.4 is 5.32 Å². The van der Waals surface area contributed by atoms with E-state index >= 15 is 0 Å². The van der Waals surface area contributed by atoms with Gasteiger partial charge in [-0.05, 0) is 28.9 Å². The number of hydrogen-bond acceptors (Lipinski definition) is 3. The van der Waals surface area contributed by atoms with E-state index in [4.69, 9.17) is 0 Å². The van der Waals surface area contributed by atoms with E-state index in [0.29, 0.717) is 0 Å². The SMILES string of the molecule is C[C@@H]1CNCCN1C(=O)c1csc(Br)c1. The number of nitrogens with zero attached hydrogens (tertiary/aromatic N) is 1. The predicted molar refractivity (Wildman–Crippen MR) is 65.4 cm³/mol. The maximum Gasteiger partial charge on any atom is 0.255 e. The van der Waals surface area contributed by atoms with Gasteiger partial charge in [0.15, 0.2) is 0 Å². The highest BCUT2D eigenvalue weighted by molar-refractivity contribution is 9.11. The van der Waals surface area contributed by atoms with Crippen LogP contribution in [0.5, 0.6) is 0 Å². The highest BCUT2D eigenvalue weighted by atomic mass is 79.9. The zero-order chi connectivity index (χ0) is 10.8. The van der Waals surface area contributed by atoms with E-state index in [9.17, 15) is 4.79 Å². The number of halogens is 1. The molecule has 1 aliphatic heterocycles. The topological polar surface area (TPSA) is 32.3 Å². The molecule has 2 rings (SSSR count). The van der Waals surface area contributed by atoms with Gasteiger partial charge in [-0.2, -0.15) is 0 Å². The quantitative estimate of drug-likeness (QED) is 0.857. The first-order valence-electron chi connectivity index (χ1n) is 4.94. The van der Waals surface area contributed by atoms with Gasteiger partial charge in [-0.15, -0.1) is 11.3 Å². The van der Waals surface area contributed by atoms with Gasteiger partial charge in [0.05, 0.1) is 9.35 Å². The molecule has 2 heterocycles. The number of piperazine rings is 1. The normalized spacial score (nSPS) is 21.7. The Hall–Kier alpha value is -0.390. The third-order valence-electron chi connectivity index (χ3n) is 2.58. The van der Waals surface area contributed by atoms with Crippen molar-refractivity contribution in [3.8, 4) is 0 Å². The summed E-state index contributed by atoms with van der Waals surface area (Å²) in [6, 6.07) is 2.17. The first kappa shape index (κ1) is 11.1. The zero-order valence-corrected chi connectivity index (χ0v) is 10.9. The molecule has 1 fully saturated rings. The molecule has 5 heteroatoms. The van der Waals surface area contributed by atoms with Crippen molar-refractivity contribution >= 4 is 33.2 Å². The summed E-state index contributed by atoms with van der Waals surface area (Å²) in [4.78, 5) is 14.0. The summed E-state index contributed by atoms with van der Waals surface area (Å²) in [5.74, 6) is 0.144. The summed E-state index contributed by atoms with van der Waals surface area (Å²) in [6.45, 7) is 4.65. The number of hydrogen-bond donors (Lipinski definition) is 1. The molecule has 0 spiro atoms. The first-order valence-corrected chi connectivity index (χ1v) is 6.61. The summed E-state index contributed by atoms with van der Waals surface area (Å²) in [5.41, 5.74) is 0.792. The van der Waals surface area contributed by atoms with Crippen molar-refractivity contribution in [1.29, 1.82) is 0 Å². The van der Waals surface area contributed by atoms with Crippen LogP contribution in [-0.4, -0.2) is 36.5 Å². The Bertz CT molecular complexity index is 366. The molecule has 15 heavy (non-hydrogen) atoms. The lowest BCUT2D eigenvalue weighted by Gasteiger charge is -2.33. The molecule has 0 saturated carbocycles. The van der Waals surface area contributed by atoms with Crippen molar-refractivity contribution in [2.75, 3.05) is 19.6 Å². The molecule has 82 valence electrons. The maximum atomic E-state index is 12.1. The molecule has 1 aromatic rings. The smallest absolute Gasteiger partial charge is 0.255 e. The van der Waals surface area contributed by atoms with Gasteiger partial charge in [0.25, 0.3) is 5.91 Å². The van der Waals surface area contributed by atoms with Gasteiger partial charge in [0.1, 0.15) is 0 Å². The van der Waals surface area contributed by atoms with Crippen LogP contribution >= 0.6 is 27.3 Å². The van der Waals surface area contributed by atoms with Crippen molar-refractivity contribution in [2.24, 2.45) is 0 Å². The lowest BCUT2D eigenvalue weighted by molar-refractivity contribution is 0.0656. The van der Waals surface area contributed by atoms with Crippen LogP contribution in [0.2, 0.25) is 0 Å². The van der Waals surface area contributed by atoms with Gasteiger partial charge in [-0.1, -0.05) is 0 Å². The van der Waals surface area contributed by atoms with Crippen molar-refractivity contribution in [3.05, 3.63) is 20.8 Å². The Labute approximate surface area is 102 Å². The number of amides is 1. The standard InChI is InChI=1S/C10H13BrN2OS/c1-7-5-12-2-3-13(7)10(14)8-4-9(11)15-6-8/h4,6-7,12H,2-3,5H2,1H3/t7-/m1/s1. The summed E-state index contributed by atoms with van der Waals surface area (Å²) in [5, 5.41) is 5.18. The molecular formula is C10H13BrN2OS. The second-order valence-electron chi connectivity index (χ2n) is 3.69. The fraction of sp³-hybridized carbons (Fsp3) is 0.500. The van der Waals surface area contributed by atoms with E-state index in [0.717, 1.165) is 29.0 Å². The minimum absolute atomic E-state index is 0.144. The summed E-state index contributed by atoms with van der Waals surface area (Å²) in [7, 11) is 0. The van der Waals surface area contributed by atoms with Crippen molar-refractivity contribution < 1.29 is 4.79 Å². The molecule has 3 nitrogen and oxygen atoms in total. The van der Waals surface area contributed by atoms with Crippen LogP contribution in [0.3, 0.4) is 0 Å². The minimum Gasteiger partial charge on any atom is -0.333 e. The van der Waals surface area contributed by atoms with Gasteiger partial charge in [-0.3, -0.25) is 4.79 Å². The van der Waals surface area contributed by atoms with Crippen LogP contribution in [0.15, 0.2) is 15.2 Å². The van der Waals surface area contributed by atoms with Crippen molar-refractivity contribution in [3.63, 3.8) is 0 Å². The van der Waals surface area contributed by atoms with E-state index in [1.165, 1.54) is 0 Å². The number of thiophene rings is 1. The second kappa shape index (κ2) is 4.63. The van der Waals surface area contributed by atoms with Crippen LogP contribution in [0.25, 0.3) is 0 Å². The fourth-order valence-electron chi connectivity index (χ4n) is 1.73. The predicted octanol–water partition coefficient (Wildman–Crippen LogP) is 1.94. The molecule has 1 N–H and O–H groups in total. The van der Waals surface area contributed by atoms with Gasteiger partial charge >= 0.3 is 0 Å². The molecule has 0 unspecified atom stereocenters. The second-order valence-corrected chi connectivity index (χ2v) is 5.98. The summed E-state index contributed by atoms with van der Waals surface area (Å²) in [6.07, 6.45) is 0. The van der Waals surface area contributed by atoms with Crippen LogP contribution in [0, 0.1) is 0 Å². The van der Waals surface area contributed by atoms with Gasteiger partial charge in [0.2, 0.25) is 0 Å². The molecule has 1 amide bonds. The van der Waals surface area contributed by atoms with E-state index in [1.54, 1.807) is 11.3 Å². The number of nitrogens with one attached hydrogen (secondary N) is 1. The average molecular weight is 289 g/mol. The Morgan fingerprint density at radius 1 is 1.73 bits per heavy atom. The molecule has 1 aromatic heterocycles.